The fourth-order valence-electron chi connectivity index (χ4n) is 1.11. The van der Waals surface area contributed by atoms with E-state index in [0.29, 0.717) is 0 Å². The van der Waals surface area contributed by atoms with Gasteiger partial charge in [-0.05, 0) is 12.1 Å². The summed E-state index contributed by atoms with van der Waals surface area (Å²) in [5.41, 5.74) is 11.3. The normalized spacial score (nSPS) is 11.6. The first-order valence-corrected chi connectivity index (χ1v) is 4.48. The van der Waals surface area contributed by atoms with Gasteiger partial charge in [-0.15, -0.1) is 0 Å². The van der Waals surface area contributed by atoms with Crippen LogP contribution in [0, 0.1) is 17.1 Å². The van der Waals surface area contributed by atoms with E-state index in [1.807, 2.05) is 6.07 Å². The number of hydrogen-bond acceptors (Lipinski definition) is 5. The molecule has 0 spiro atoms. The maximum Gasteiger partial charge on any atom is 0.148 e. The average molecular weight is 221 g/mol. The van der Waals surface area contributed by atoms with Crippen molar-refractivity contribution in [3.05, 3.63) is 41.6 Å². The van der Waals surface area contributed by atoms with Gasteiger partial charge in [0.25, 0.3) is 0 Å². The molecule has 0 aliphatic carbocycles. The van der Waals surface area contributed by atoms with Gasteiger partial charge in [-0.2, -0.15) is 5.26 Å². The number of allylic oxidation sites excluding steroid dienone is 1. The number of benzene rings is 1. The predicted octanol–water partition coefficient (Wildman–Crippen LogP) is 0.506. The molecule has 0 saturated heterocycles. The minimum Gasteiger partial charge on any atom is -0.398 e. The number of rotatable bonds is 3. The molecule has 6 N–H and O–H groups in total. The van der Waals surface area contributed by atoms with E-state index in [-0.39, 0.29) is 23.6 Å². The number of hydrazine groups is 1. The Kier molecular flexibility index (Phi) is 3.69. The van der Waals surface area contributed by atoms with Gasteiger partial charge in [-0.3, -0.25) is 5.01 Å². The molecule has 0 atom stereocenters. The quantitative estimate of drug-likeness (QED) is 0.509. The zero-order valence-electron chi connectivity index (χ0n) is 8.52. The Bertz CT molecular complexity index is 449. The first-order chi connectivity index (χ1) is 7.57. The predicted molar refractivity (Wildman–Crippen MR) is 58.7 cm³/mol. The molecule has 0 unspecified atom stereocenters. The van der Waals surface area contributed by atoms with Gasteiger partial charge in [-0.25, -0.2) is 10.2 Å². The number of halogens is 1. The lowest BCUT2D eigenvalue weighted by Crippen LogP contribution is -2.37. The number of nitrogens with two attached hydrogens (primary N) is 3. The number of para-hydroxylation sites is 1. The van der Waals surface area contributed by atoms with Crippen molar-refractivity contribution in [2.24, 2.45) is 17.3 Å². The highest BCUT2D eigenvalue weighted by Gasteiger charge is 2.11. The van der Waals surface area contributed by atoms with E-state index < -0.39 is 5.82 Å². The molecule has 1 rings (SSSR count). The second-order valence-corrected chi connectivity index (χ2v) is 3.07. The molecular weight excluding hydrogens is 209 g/mol. The van der Waals surface area contributed by atoms with Crippen molar-refractivity contribution in [1.82, 2.24) is 0 Å². The summed E-state index contributed by atoms with van der Waals surface area (Å²) < 4.78 is 13.3. The van der Waals surface area contributed by atoms with Gasteiger partial charge in [-0.1, -0.05) is 12.1 Å². The largest absolute Gasteiger partial charge is 0.398 e. The highest BCUT2D eigenvalue weighted by Crippen LogP contribution is 2.18. The minimum absolute atomic E-state index is 0.0355. The van der Waals surface area contributed by atoms with E-state index in [2.05, 4.69) is 0 Å². The highest BCUT2D eigenvalue weighted by molar-refractivity contribution is 5.51. The summed E-state index contributed by atoms with van der Waals surface area (Å²) in [6.45, 7) is 0. The molecule has 0 fully saturated rings. The van der Waals surface area contributed by atoms with Crippen molar-refractivity contribution >= 4 is 5.69 Å². The molecule has 5 nitrogen and oxygen atoms in total. The Balaban J connectivity index is 3.04. The maximum absolute atomic E-state index is 13.3. The molecule has 1 aromatic carbocycles. The Morgan fingerprint density at radius 2 is 2.00 bits per heavy atom. The van der Waals surface area contributed by atoms with E-state index in [0.717, 1.165) is 5.01 Å². The molecule has 0 saturated carbocycles. The van der Waals surface area contributed by atoms with Crippen LogP contribution in [0.25, 0.3) is 0 Å². The van der Waals surface area contributed by atoms with Crippen LogP contribution in [-0.4, -0.2) is 0 Å². The Morgan fingerprint density at radius 3 is 2.56 bits per heavy atom. The highest BCUT2D eigenvalue weighted by atomic mass is 19.1. The van der Waals surface area contributed by atoms with Gasteiger partial charge in [0.05, 0.1) is 23.9 Å². The third-order valence-corrected chi connectivity index (χ3v) is 1.97. The Morgan fingerprint density at radius 1 is 1.38 bits per heavy atom. The van der Waals surface area contributed by atoms with E-state index in [4.69, 9.17) is 22.6 Å². The van der Waals surface area contributed by atoms with Crippen molar-refractivity contribution in [3.8, 4) is 6.07 Å². The van der Waals surface area contributed by atoms with E-state index in [9.17, 15) is 4.39 Å². The second kappa shape index (κ2) is 5.00. The zero-order chi connectivity index (χ0) is 12.1. The lowest BCUT2D eigenvalue weighted by molar-refractivity contribution is 0.623. The van der Waals surface area contributed by atoms with Gasteiger partial charge in [0.1, 0.15) is 11.6 Å². The average Bonchev–Trinajstić information content (AvgIpc) is 2.28. The molecule has 1 aromatic rings. The fourth-order valence-corrected chi connectivity index (χ4v) is 1.11. The van der Waals surface area contributed by atoms with Crippen molar-refractivity contribution in [2.75, 3.05) is 5.01 Å². The Labute approximate surface area is 92.5 Å². The fraction of sp³-hybridized carbons (Fsp3) is 0.100. The summed E-state index contributed by atoms with van der Waals surface area (Å²) in [7, 11) is 0. The molecule has 0 radical (unpaired) electrons. The van der Waals surface area contributed by atoms with Crippen LogP contribution in [0.1, 0.15) is 6.42 Å². The molecule has 0 aliphatic rings. The second-order valence-electron chi connectivity index (χ2n) is 3.07. The lowest BCUT2D eigenvalue weighted by Gasteiger charge is -2.20. The van der Waals surface area contributed by atoms with Gasteiger partial charge >= 0.3 is 0 Å². The van der Waals surface area contributed by atoms with Crippen molar-refractivity contribution in [1.29, 1.82) is 5.26 Å². The van der Waals surface area contributed by atoms with Crippen molar-refractivity contribution < 1.29 is 4.39 Å². The first-order valence-electron chi connectivity index (χ1n) is 4.48. The molecule has 0 bridgehead atoms. The minimum atomic E-state index is -0.516. The smallest absolute Gasteiger partial charge is 0.148 e. The molecule has 16 heavy (non-hydrogen) atoms. The summed E-state index contributed by atoms with van der Waals surface area (Å²) in [5.74, 6) is 5.04. The molecule has 0 aliphatic heterocycles. The molecule has 0 heterocycles. The SMILES string of the molecule is N#CC/C(N)=C(\N)N(N)c1ccccc1F. The van der Waals surface area contributed by atoms with Crippen molar-refractivity contribution in [2.45, 2.75) is 6.42 Å². The molecular formula is C10H12FN5. The van der Waals surface area contributed by atoms with Gasteiger partial charge in [0, 0.05) is 0 Å². The molecule has 6 heteroatoms. The summed E-state index contributed by atoms with van der Waals surface area (Å²) >= 11 is 0. The van der Waals surface area contributed by atoms with Crippen LogP contribution >= 0.6 is 0 Å². The van der Waals surface area contributed by atoms with Crippen LogP contribution in [0.4, 0.5) is 10.1 Å². The summed E-state index contributed by atoms with van der Waals surface area (Å²) in [6, 6.07) is 7.69. The number of hydrogen-bond donors (Lipinski definition) is 3. The van der Waals surface area contributed by atoms with Crippen LogP contribution in [0.5, 0.6) is 0 Å². The monoisotopic (exact) mass is 221 g/mol. The topological polar surface area (TPSA) is 105 Å². The number of nitrogens with zero attached hydrogens (tertiary/aromatic N) is 2. The standard InChI is InChI=1S/C10H12FN5/c11-7-3-1-2-4-9(7)16(15)10(14)8(13)5-6-12/h1-4H,5,13-15H2/b10-8-. The van der Waals surface area contributed by atoms with Crippen LogP contribution in [0.3, 0.4) is 0 Å². The summed E-state index contributed by atoms with van der Waals surface area (Å²) in [5, 5.41) is 9.36. The number of nitriles is 1. The zero-order valence-corrected chi connectivity index (χ0v) is 8.52. The maximum atomic E-state index is 13.3. The van der Waals surface area contributed by atoms with E-state index >= 15 is 0 Å². The van der Waals surface area contributed by atoms with Gasteiger partial charge in [0.2, 0.25) is 0 Å². The first kappa shape index (κ1) is 11.8. The van der Waals surface area contributed by atoms with Crippen molar-refractivity contribution in [3.63, 3.8) is 0 Å². The third-order valence-electron chi connectivity index (χ3n) is 1.97. The molecule has 84 valence electrons. The summed E-state index contributed by atoms with van der Waals surface area (Å²) in [4.78, 5) is 0. The van der Waals surface area contributed by atoms with Crippen LogP contribution in [-0.2, 0) is 0 Å². The number of anilines is 1. The van der Waals surface area contributed by atoms with Crippen LogP contribution < -0.4 is 22.3 Å². The lowest BCUT2D eigenvalue weighted by atomic mass is 10.3. The third kappa shape index (κ3) is 2.40. The van der Waals surface area contributed by atoms with E-state index in [1.165, 1.54) is 18.2 Å². The molecule has 0 amide bonds. The molecule has 0 aromatic heterocycles. The van der Waals surface area contributed by atoms with Crippen LogP contribution in [0.15, 0.2) is 35.8 Å². The Hall–Kier alpha value is -2.26. The van der Waals surface area contributed by atoms with Gasteiger partial charge < -0.3 is 11.5 Å². The van der Waals surface area contributed by atoms with Crippen LogP contribution in [0.2, 0.25) is 0 Å². The summed E-state index contributed by atoms with van der Waals surface area (Å²) in [6.07, 6.45) is -0.0615. The van der Waals surface area contributed by atoms with Gasteiger partial charge in [0.15, 0.2) is 0 Å². The van der Waals surface area contributed by atoms with E-state index in [1.54, 1.807) is 6.07 Å².